The smallest absolute Gasteiger partial charge is 0.348 e. The third-order valence-electron chi connectivity index (χ3n) is 1.47. The SMILES string of the molecule is COC(=O)c1cc(Br)c(CCBr)s1. The Kier molecular flexibility index (Phi) is 4.41. The molecule has 0 aliphatic heterocycles. The number of thiophene rings is 1. The van der Waals surface area contributed by atoms with E-state index in [4.69, 9.17) is 0 Å². The number of alkyl halides is 1. The molecule has 1 aromatic rings. The molecule has 0 aromatic carbocycles. The molecule has 0 aliphatic rings. The van der Waals surface area contributed by atoms with Crippen molar-refractivity contribution >= 4 is 49.2 Å². The fourth-order valence-electron chi connectivity index (χ4n) is 0.864. The quantitative estimate of drug-likeness (QED) is 0.629. The summed E-state index contributed by atoms with van der Waals surface area (Å²) in [5, 5.41) is 0.896. The van der Waals surface area contributed by atoms with E-state index >= 15 is 0 Å². The zero-order chi connectivity index (χ0) is 9.84. The Balaban J connectivity index is 2.88. The summed E-state index contributed by atoms with van der Waals surface area (Å²) in [4.78, 5) is 12.9. The molecule has 0 bridgehead atoms. The average molecular weight is 328 g/mol. The minimum Gasteiger partial charge on any atom is -0.465 e. The molecular formula is C8H8Br2O2S. The van der Waals surface area contributed by atoms with Gasteiger partial charge in [-0.15, -0.1) is 11.3 Å². The van der Waals surface area contributed by atoms with E-state index in [1.54, 1.807) is 6.07 Å². The maximum atomic E-state index is 11.1. The second-order valence-electron chi connectivity index (χ2n) is 2.31. The van der Waals surface area contributed by atoms with Crippen molar-refractivity contribution in [3.63, 3.8) is 0 Å². The number of rotatable bonds is 3. The van der Waals surface area contributed by atoms with Gasteiger partial charge in [0.15, 0.2) is 0 Å². The number of ether oxygens (including phenoxy) is 1. The Morgan fingerprint density at radius 2 is 2.38 bits per heavy atom. The molecule has 0 saturated heterocycles. The molecule has 0 atom stereocenters. The zero-order valence-electron chi connectivity index (χ0n) is 6.97. The van der Waals surface area contributed by atoms with Gasteiger partial charge in [-0.1, -0.05) is 15.9 Å². The van der Waals surface area contributed by atoms with Crippen molar-refractivity contribution in [2.75, 3.05) is 12.4 Å². The highest BCUT2D eigenvalue weighted by molar-refractivity contribution is 9.10. The summed E-state index contributed by atoms with van der Waals surface area (Å²) < 4.78 is 5.61. The first kappa shape index (κ1) is 11.2. The minimum atomic E-state index is -0.272. The molecule has 0 fully saturated rings. The van der Waals surface area contributed by atoms with Crippen molar-refractivity contribution in [2.24, 2.45) is 0 Å². The normalized spacial score (nSPS) is 10.1. The monoisotopic (exact) mass is 326 g/mol. The highest BCUT2D eigenvalue weighted by Crippen LogP contribution is 2.28. The van der Waals surface area contributed by atoms with Gasteiger partial charge in [0.1, 0.15) is 4.88 Å². The number of aryl methyl sites for hydroxylation is 1. The molecule has 0 spiro atoms. The van der Waals surface area contributed by atoms with Crippen LogP contribution in [-0.2, 0) is 11.2 Å². The summed E-state index contributed by atoms with van der Waals surface area (Å²) in [5.41, 5.74) is 0. The predicted octanol–water partition coefficient (Wildman–Crippen LogP) is 3.23. The number of halogens is 2. The molecular weight excluding hydrogens is 320 g/mol. The lowest BCUT2D eigenvalue weighted by atomic mass is 10.4. The molecule has 0 radical (unpaired) electrons. The summed E-state index contributed by atoms with van der Waals surface area (Å²) in [7, 11) is 1.39. The maximum absolute atomic E-state index is 11.1. The molecule has 0 N–H and O–H groups in total. The van der Waals surface area contributed by atoms with E-state index in [2.05, 4.69) is 36.6 Å². The Bertz CT molecular complexity index is 309. The fourth-order valence-corrected chi connectivity index (χ4v) is 3.31. The van der Waals surface area contributed by atoms with Crippen molar-refractivity contribution < 1.29 is 9.53 Å². The standard InChI is InChI=1S/C8H8Br2O2S/c1-12-8(11)7-4-5(10)6(13-7)2-3-9/h4H,2-3H2,1H3. The van der Waals surface area contributed by atoms with Gasteiger partial charge in [0.2, 0.25) is 0 Å². The largest absolute Gasteiger partial charge is 0.465 e. The van der Waals surface area contributed by atoms with Crippen LogP contribution in [0.5, 0.6) is 0 Å². The van der Waals surface area contributed by atoms with E-state index in [9.17, 15) is 4.79 Å². The van der Waals surface area contributed by atoms with E-state index in [1.165, 1.54) is 18.4 Å². The average Bonchev–Trinajstić information content (AvgIpc) is 2.47. The van der Waals surface area contributed by atoms with Crippen LogP contribution in [0.1, 0.15) is 14.5 Å². The van der Waals surface area contributed by atoms with Gasteiger partial charge in [0.25, 0.3) is 0 Å². The minimum absolute atomic E-state index is 0.272. The maximum Gasteiger partial charge on any atom is 0.348 e. The van der Waals surface area contributed by atoms with Crippen molar-refractivity contribution in [1.82, 2.24) is 0 Å². The summed E-state index contributed by atoms with van der Waals surface area (Å²) in [5.74, 6) is -0.272. The number of carbonyl (C=O) groups is 1. The van der Waals surface area contributed by atoms with Crippen LogP contribution in [0.3, 0.4) is 0 Å². The molecule has 5 heteroatoms. The Morgan fingerprint density at radius 1 is 1.69 bits per heavy atom. The second-order valence-corrected chi connectivity index (χ2v) is 5.10. The number of methoxy groups -OCH3 is 1. The second kappa shape index (κ2) is 5.12. The molecule has 0 saturated carbocycles. The summed E-state index contributed by atoms with van der Waals surface area (Å²) >= 11 is 8.22. The molecule has 0 aliphatic carbocycles. The van der Waals surface area contributed by atoms with Crippen molar-refractivity contribution in [1.29, 1.82) is 0 Å². The summed E-state index contributed by atoms with van der Waals surface area (Å²) in [6.07, 6.45) is 0.919. The van der Waals surface area contributed by atoms with Gasteiger partial charge in [0, 0.05) is 14.7 Å². The molecule has 1 aromatic heterocycles. The van der Waals surface area contributed by atoms with Gasteiger partial charge in [-0.2, -0.15) is 0 Å². The molecule has 2 nitrogen and oxygen atoms in total. The van der Waals surface area contributed by atoms with E-state index in [0.29, 0.717) is 4.88 Å². The third kappa shape index (κ3) is 2.79. The predicted molar refractivity (Wildman–Crippen MR) is 60.9 cm³/mol. The third-order valence-corrected chi connectivity index (χ3v) is 4.01. The molecule has 1 rings (SSSR count). The van der Waals surface area contributed by atoms with E-state index in [-0.39, 0.29) is 5.97 Å². The van der Waals surface area contributed by atoms with E-state index < -0.39 is 0 Å². The van der Waals surface area contributed by atoms with Crippen molar-refractivity contribution in [3.05, 3.63) is 20.3 Å². The van der Waals surface area contributed by atoms with Crippen LogP contribution in [0.2, 0.25) is 0 Å². The number of carbonyl (C=O) groups excluding carboxylic acids is 1. The van der Waals surface area contributed by atoms with Crippen LogP contribution in [0, 0.1) is 0 Å². The molecule has 72 valence electrons. The lowest BCUT2D eigenvalue weighted by Crippen LogP contribution is -1.96. The number of hydrogen-bond acceptors (Lipinski definition) is 3. The van der Waals surface area contributed by atoms with Gasteiger partial charge in [-0.3, -0.25) is 0 Å². The van der Waals surface area contributed by atoms with Crippen molar-refractivity contribution in [3.8, 4) is 0 Å². The van der Waals surface area contributed by atoms with Gasteiger partial charge < -0.3 is 4.74 Å². The van der Waals surface area contributed by atoms with Crippen LogP contribution in [-0.4, -0.2) is 18.4 Å². The lowest BCUT2D eigenvalue weighted by molar-refractivity contribution is 0.0606. The lowest BCUT2D eigenvalue weighted by Gasteiger charge is -1.92. The topological polar surface area (TPSA) is 26.3 Å². The summed E-state index contributed by atoms with van der Waals surface area (Å²) in [6, 6.07) is 1.80. The highest BCUT2D eigenvalue weighted by atomic mass is 79.9. The first-order valence-electron chi connectivity index (χ1n) is 3.61. The van der Waals surface area contributed by atoms with Gasteiger partial charge >= 0.3 is 5.97 Å². The van der Waals surface area contributed by atoms with Gasteiger partial charge in [-0.05, 0) is 28.4 Å². The van der Waals surface area contributed by atoms with Crippen LogP contribution in [0.15, 0.2) is 10.5 Å². The Morgan fingerprint density at radius 3 is 2.92 bits per heavy atom. The van der Waals surface area contributed by atoms with Crippen molar-refractivity contribution in [2.45, 2.75) is 6.42 Å². The summed E-state index contributed by atoms with van der Waals surface area (Å²) in [6.45, 7) is 0. The number of esters is 1. The van der Waals surface area contributed by atoms with Crippen LogP contribution < -0.4 is 0 Å². The van der Waals surface area contributed by atoms with Crippen LogP contribution >= 0.6 is 43.2 Å². The molecule has 0 amide bonds. The van der Waals surface area contributed by atoms with Gasteiger partial charge in [-0.25, -0.2) is 4.79 Å². The zero-order valence-corrected chi connectivity index (χ0v) is 11.0. The molecule has 0 unspecified atom stereocenters. The van der Waals surface area contributed by atoms with Crippen LogP contribution in [0.25, 0.3) is 0 Å². The Hall–Kier alpha value is 0.130. The highest BCUT2D eigenvalue weighted by Gasteiger charge is 2.12. The first-order valence-corrected chi connectivity index (χ1v) is 6.34. The first-order chi connectivity index (χ1) is 6.19. The van der Waals surface area contributed by atoms with E-state index in [1.807, 2.05) is 0 Å². The van der Waals surface area contributed by atoms with Crippen LogP contribution in [0.4, 0.5) is 0 Å². The van der Waals surface area contributed by atoms with E-state index in [0.717, 1.165) is 21.1 Å². The molecule has 1 heterocycles. The molecule has 13 heavy (non-hydrogen) atoms. The fraction of sp³-hybridized carbons (Fsp3) is 0.375. The Labute approximate surface area is 97.5 Å². The number of hydrogen-bond donors (Lipinski definition) is 0. The van der Waals surface area contributed by atoms with Gasteiger partial charge in [0.05, 0.1) is 7.11 Å².